The summed E-state index contributed by atoms with van der Waals surface area (Å²) in [5, 5.41) is 13.8. The van der Waals surface area contributed by atoms with Crippen LogP contribution in [0.4, 0.5) is 0 Å². The van der Waals surface area contributed by atoms with Gasteiger partial charge in [-0.25, -0.2) is 0 Å². The lowest BCUT2D eigenvalue weighted by Crippen LogP contribution is -2.06. The molecule has 0 N–H and O–H groups in total. The summed E-state index contributed by atoms with van der Waals surface area (Å²) in [6.45, 7) is 6.04. The van der Waals surface area contributed by atoms with Gasteiger partial charge in [0.2, 0.25) is 0 Å². The van der Waals surface area contributed by atoms with E-state index >= 15 is 0 Å². The van der Waals surface area contributed by atoms with E-state index in [2.05, 4.69) is 11.2 Å². The zero-order valence-electron chi connectivity index (χ0n) is 12.3. The highest BCUT2D eigenvalue weighted by Crippen LogP contribution is 2.28. The lowest BCUT2D eigenvalue weighted by molar-refractivity contribution is 0.305. The van der Waals surface area contributed by atoms with Crippen LogP contribution in [0.15, 0.2) is 22.7 Å². The molecule has 0 aliphatic rings. The predicted octanol–water partition coefficient (Wildman–Crippen LogP) is 4.33. The Hall–Kier alpha value is -1.99. The Balaban J connectivity index is 2.02. The van der Waals surface area contributed by atoms with Crippen molar-refractivity contribution in [2.24, 2.45) is 0 Å². The van der Waals surface area contributed by atoms with Gasteiger partial charge in [-0.1, -0.05) is 22.8 Å². The molecule has 1 aromatic heterocycles. The Morgan fingerprint density at radius 1 is 1.38 bits per heavy atom. The first kappa shape index (κ1) is 15.4. The second-order valence-corrected chi connectivity index (χ2v) is 5.40. The van der Waals surface area contributed by atoms with Crippen LogP contribution in [0.5, 0.6) is 5.75 Å². The Morgan fingerprint density at radius 2 is 2.14 bits per heavy atom. The second-order valence-electron chi connectivity index (χ2n) is 4.99. The average molecular weight is 305 g/mol. The molecule has 0 aliphatic carbocycles. The number of nitriles is 1. The van der Waals surface area contributed by atoms with E-state index in [1.54, 1.807) is 0 Å². The number of hydrogen-bond acceptors (Lipinski definition) is 4. The minimum atomic E-state index is -0.292. The minimum absolute atomic E-state index is 0.292. The molecule has 0 spiro atoms. The Bertz CT molecular complexity index is 654. The molecule has 0 bridgehead atoms. The van der Waals surface area contributed by atoms with E-state index in [-0.39, 0.29) is 5.92 Å². The third-order valence-electron chi connectivity index (χ3n) is 3.34. The van der Waals surface area contributed by atoms with Crippen molar-refractivity contribution in [2.75, 3.05) is 6.61 Å². The van der Waals surface area contributed by atoms with Crippen molar-refractivity contribution in [1.29, 1.82) is 5.26 Å². The number of halogens is 1. The highest BCUT2D eigenvalue weighted by molar-refractivity contribution is 6.32. The van der Waals surface area contributed by atoms with E-state index in [1.165, 1.54) is 0 Å². The summed E-state index contributed by atoms with van der Waals surface area (Å²) in [5.74, 6) is 1.04. The summed E-state index contributed by atoms with van der Waals surface area (Å²) in [4.78, 5) is 0. The monoisotopic (exact) mass is 304 g/mol. The molecule has 0 aliphatic heterocycles. The largest absolute Gasteiger partial charge is 0.492 e. The topological polar surface area (TPSA) is 59.0 Å². The molecule has 4 nitrogen and oxygen atoms in total. The molecule has 2 aromatic rings. The first-order valence-electron chi connectivity index (χ1n) is 6.74. The number of hydrogen-bond donors (Lipinski definition) is 0. The average Bonchev–Trinajstić information content (AvgIpc) is 2.79. The van der Waals surface area contributed by atoms with E-state index in [4.69, 9.17) is 20.9 Å². The van der Waals surface area contributed by atoms with Crippen LogP contribution < -0.4 is 4.74 Å². The van der Waals surface area contributed by atoms with Crippen molar-refractivity contribution < 1.29 is 9.26 Å². The molecule has 0 fully saturated rings. The molecular weight excluding hydrogens is 288 g/mol. The molecule has 5 heteroatoms. The van der Waals surface area contributed by atoms with Crippen molar-refractivity contribution >= 4 is 11.6 Å². The van der Waals surface area contributed by atoms with E-state index in [1.807, 2.05) is 39.0 Å². The number of ether oxygens (including phenoxy) is 1. The van der Waals surface area contributed by atoms with Gasteiger partial charge in [-0.2, -0.15) is 5.26 Å². The van der Waals surface area contributed by atoms with Crippen molar-refractivity contribution in [2.45, 2.75) is 33.1 Å². The SMILES string of the molecule is Cc1ccc(Cl)c(OCCC(C#N)c2c(C)noc2C)c1. The molecule has 21 heavy (non-hydrogen) atoms. The Labute approximate surface area is 129 Å². The highest BCUT2D eigenvalue weighted by Gasteiger charge is 2.20. The highest BCUT2D eigenvalue weighted by atomic mass is 35.5. The third kappa shape index (κ3) is 3.56. The van der Waals surface area contributed by atoms with Crippen LogP contribution in [0.1, 0.15) is 34.9 Å². The quantitative estimate of drug-likeness (QED) is 0.825. The van der Waals surface area contributed by atoms with Crippen molar-refractivity contribution in [1.82, 2.24) is 5.16 Å². The standard InChI is InChI=1S/C16H17ClN2O2/c1-10-4-5-14(17)15(8-10)20-7-6-13(9-18)16-11(2)19-21-12(16)3/h4-5,8,13H,6-7H2,1-3H3. The van der Waals surface area contributed by atoms with Crippen LogP contribution in [-0.4, -0.2) is 11.8 Å². The number of rotatable bonds is 5. The molecule has 0 saturated carbocycles. The van der Waals surface area contributed by atoms with Gasteiger partial charge in [0, 0.05) is 12.0 Å². The third-order valence-corrected chi connectivity index (χ3v) is 3.66. The van der Waals surface area contributed by atoms with Crippen molar-refractivity contribution in [3.8, 4) is 11.8 Å². The molecule has 110 valence electrons. The maximum Gasteiger partial charge on any atom is 0.138 e. The lowest BCUT2D eigenvalue weighted by atomic mass is 9.96. The van der Waals surface area contributed by atoms with E-state index < -0.39 is 0 Å². The lowest BCUT2D eigenvalue weighted by Gasteiger charge is -2.11. The summed E-state index contributed by atoms with van der Waals surface area (Å²) in [6.07, 6.45) is 0.559. The summed E-state index contributed by atoms with van der Waals surface area (Å²) < 4.78 is 10.8. The maximum atomic E-state index is 9.34. The molecule has 1 unspecified atom stereocenters. The molecule has 1 atom stereocenters. The maximum absolute atomic E-state index is 9.34. The zero-order chi connectivity index (χ0) is 15.4. The van der Waals surface area contributed by atoms with Gasteiger partial charge in [-0.15, -0.1) is 0 Å². The molecule has 0 saturated heterocycles. The van der Waals surface area contributed by atoms with E-state index in [9.17, 15) is 5.26 Å². The van der Waals surface area contributed by atoms with Gasteiger partial charge in [-0.05, 0) is 38.5 Å². The zero-order valence-corrected chi connectivity index (χ0v) is 13.1. The Morgan fingerprint density at radius 3 is 2.76 bits per heavy atom. The van der Waals surface area contributed by atoms with Crippen LogP contribution in [0.25, 0.3) is 0 Å². The normalized spacial score (nSPS) is 12.0. The van der Waals surface area contributed by atoms with Gasteiger partial charge in [-0.3, -0.25) is 0 Å². The van der Waals surface area contributed by atoms with Crippen LogP contribution in [0, 0.1) is 32.1 Å². The summed E-state index contributed by atoms with van der Waals surface area (Å²) >= 11 is 6.08. The van der Waals surface area contributed by atoms with E-state index in [0.717, 1.165) is 16.8 Å². The second kappa shape index (κ2) is 6.64. The van der Waals surface area contributed by atoms with Crippen LogP contribution >= 0.6 is 11.6 Å². The van der Waals surface area contributed by atoms with Crippen LogP contribution in [0.2, 0.25) is 5.02 Å². The molecule has 1 heterocycles. The summed E-state index contributed by atoms with van der Waals surface area (Å²) in [6, 6.07) is 7.91. The first-order chi connectivity index (χ1) is 10.0. The van der Waals surface area contributed by atoms with Gasteiger partial charge < -0.3 is 9.26 Å². The summed E-state index contributed by atoms with van der Waals surface area (Å²) in [5.41, 5.74) is 2.70. The fourth-order valence-corrected chi connectivity index (χ4v) is 2.44. The fourth-order valence-electron chi connectivity index (χ4n) is 2.27. The minimum Gasteiger partial charge on any atom is -0.492 e. The first-order valence-corrected chi connectivity index (χ1v) is 7.12. The molecule has 0 radical (unpaired) electrons. The van der Waals surface area contributed by atoms with E-state index in [0.29, 0.717) is 29.6 Å². The summed E-state index contributed by atoms with van der Waals surface area (Å²) in [7, 11) is 0. The predicted molar refractivity (Wildman–Crippen MR) is 80.6 cm³/mol. The fraction of sp³-hybridized carbons (Fsp3) is 0.375. The number of benzene rings is 1. The van der Waals surface area contributed by atoms with Gasteiger partial charge in [0.05, 0.1) is 29.3 Å². The van der Waals surface area contributed by atoms with Crippen molar-refractivity contribution in [3.63, 3.8) is 0 Å². The number of aryl methyl sites for hydroxylation is 3. The molecule has 0 amide bonds. The molecular formula is C16H17ClN2O2. The van der Waals surface area contributed by atoms with Gasteiger partial charge in [0.1, 0.15) is 11.5 Å². The molecule has 1 aromatic carbocycles. The molecule has 2 rings (SSSR count). The van der Waals surface area contributed by atoms with Gasteiger partial charge in [0.15, 0.2) is 0 Å². The van der Waals surface area contributed by atoms with Crippen LogP contribution in [0.3, 0.4) is 0 Å². The smallest absolute Gasteiger partial charge is 0.138 e. The number of nitrogens with zero attached hydrogens (tertiary/aromatic N) is 2. The van der Waals surface area contributed by atoms with Gasteiger partial charge in [0.25, 0.3) is 0 Å². The van der Waals surface area contributed by atoms with Crippen molar-refractivity contribution in [3.05, 3.63) is 45.8 Å². The van der Waals surface area contributed by atoms with Gasteiger partial charge >= 0.3 is 0 Å². The Kier molecular flexibility index (Phi) is 4.87. The van der Waals surface area contributed by atoms with Crippen LogP contribution in [-0.2, 0) is 0 Å². The number of aromatic nitrogens is 1.